The molecule has 1 amide bonds. The van der Waals surface area contributed by atoms with Crippen LogP contribution in [-0.2, 0) is 0 Å². The van der Waals surface area contributed by atoms with Gasteiger partial charge in [-0.05, 0) is 37.0 Å². The van der Waals surface area contributed by atoms with E-state index in [0.717, 1.165) is 25.9 Å². The molecule has 1 aromatic carbocycles. The van der Waals surface area contributed by atoms with E-state index in [4.69, 9.17) is 5.11 Å². The summed E-state index contributed by atoms with van der Waals surface area (Å²) in [5.74, 6) is 5.05. The lowest BCUT2D eigenvalue weighted by Crippen LogP contribution is -2.39. The van der Waals surface area contributed by atoms with Crippen molar-refractivity contribution in [2.75, 3.05) is 19.7 Å². The maximum atomic E-state index is 13.3. The van der Waals surface area contributed by atoms with Crippen molar-refractivity contribution in [2.24, 2.45) is 5.92 Å². The van der Waals surface area contributed by atoms with Crippen molar-refractivity contribution in [3.8, 4) is 11.8 Å². The second-order valence-electron chi connectivity index (χ2n) is 5.15. The summed E-state index contributed by atoms with van der Waals surface area (Å²) in [6.07, 6.45) is 2.12. The molecular formula is C16H18FNO2. The molecule has 1 N–H and O–H groups in total. The molecule has 1 aliphatic heterocycles. The number of nitrogens with zero attached hydrogens (tertiary/aromatic N) is 1. The van der Waals surface area contributed by atoms with Gasteiger partial charge in [-0.25, -0.2) is 4.39 Å². The zero-order valence-corrected chi connectivity index (χ0v) is 11.5. The van der Waals surface area contributed by atoms with Gasteiger partial charge in [-0.1, -0.05) is 18.8 Å². The highest BCUT2D eigenvalue weighted by Crippen LogP contribution is 2.20. The fraction of sp³-hybridized carbons (Fsp3) is 0.438. The van der Waals surface area contributed by atoms with E-state index in [9.17, 15) is 9.18 Å². The summed E-state index contributed by atoms with van der Waals surface area (Å²) < 4.78 is 13.3. The number of hydrogen-bond donors (Lipinski definition) is 1. The first kappa shape index (κ1) is 14.5. The van der Waals surface area contributed by atoms with Crippen LogP contribution in [0.1, 0.15) is 35.7 Å². The third-order valence-electron chi connectivity index (χ3n) is 3.46. The van der Waals surface area contributed by atoms with Crippen molar-refractivity contribution < 1.29 is 14.3 Å². The average Bonchev–Trinajstić information content (AvgIpc) is 2.44. The lowest BCUT2D eigenvalue weighted by Gasteiger charge is -2.31. The van der Waals surface area contributed by atoms with E-state index in [2.05, 4.69) is 18.8 Å². The molecule has 0 bridgehead atoms. The summed E-state index contributed by atoms with van der Waals surface area (Å²) in [5, 5.41) is 8.75. The number of aliphatic hydroxyl groups is 1. The van der Waals surface area contributed by atoms with Gasteiger partial charge in [-0.2, -0.15) is 0 Å². The smallest absolute Gasteiger partial charge is 0.255 e. The molecule has 1 aromatic rings. The van der Waals surface area contributed by atoms with Crippen molar-refractivity contribution in [2.45, 2.75) is 19.8 Å². The largest absolute Gasteiger partial charge is 0.384 e. The Bertz CT molecular complexity index is 559. The number of carbonyl (C=O) groups excluding carboxylic acids is 1. The molecule has 1 saturated heterocycles. The van der Waals surface area contributed by atoms with Crippen molar-refractivity contribution in [1.29, 1.82) is 0 Å². The molecule has 1 heterocycles. The van der Waals surface area contributed by atoms with Crippen LogP contribution in [0.4, 0.5) is 4.39 Å². The Morgan fingerprint density at radius 1 is 1.55 bits per heavy atom. The van der Waals surface area contributed by atoms with Crippen LogP contribution in [0, 0.1) is 23.6 Å². The number of rotatable bonds is 1. The maximum absolute atomic E-state index is 13.3. The Hall–Kier alpha value is -1.86. The average molecular weight is 275 g/mol. The van der Waals surface area contributed by atoms with Crippen LogP contribution >= 0.6 is 0 Å². The maximum Gasteiger partial charge on any atom is 0.255 e. The number of aliphatic hydroxyl groups excluding tert-OH is 1. The zero-order valence-electron chi connectivity index (χ0n) is 11.5. The second-order valence-corrected chi connectivity index (χ2v) is 5.15. The highest BCUT2D eigenvalue weighted by atomic mass is 19.1. The van der Waals surface area contributed by atoms with Gasteiger partial charge in [-0.3, -0.25) is 4.79 Å². The van der Waals surface area contributed by atoms with Crippen LogP contribution in [0.15, 0.2) is 18.2 Å². The predicted molar refractivity (Wildman–Crippen MR) is 74.7 cm³/mol. The Kier molecular flexibility index (Phi) is 4.75. The SMILES string of the molecule is CC1CCCN(C(=O)c2ccc(F)cc2C#CCO)C1. The molecule has 0 spiro atoms. The van der Waals surface area contributed by atoms with E-state index >= 15 is 0 Å². The summed E-state index contributed by atoms with van der Waals surface area (Å²) in [6, 6.07) is 3.98. The molecule has 1 atom stereocenters. The fourth-order valence-corrected chi connectivity index (χ4v) is 2.49. The van der Waals surface area contributed by atoms with E-state index in [1.165, 1.54) is 18.2 Å². The number of piperidine rings is 1. The number of halogens is 1. The van der Waals surface area contributed by atoms with Crippen LogP contribution in [0.2, 0.25) is 0 Å². The second kappa shape index (κ2) is 6.53. The third kappa shape index (κ3) is 3.37. The van der Waals surface area contributed by atoms with Crippen LogP contribution in [0.3, 0.4) is 0 Å². The van der Waals surface area contributed by atoms with Gasteiger partial charge in [0.05, 0.1) is 5.56 Å². The lowest BCUT2D eigenvalue weighted by atomic mass is 9.98. The molecule has 0 saturated carbocycles. The minimum Gasteiger partial charge on any atom is -0.384 e. The van der Waals surface area contributed by atoms with Gasteiger partial charge in [-0.15, -0.1) is 0 Å². The predicted octanol–water partition coefficient (Wildman–Crippen LogP) is 2.04. The van der Waals surface area contributed by atoms with Crippen molar-refractivity contribution in [1.82, 2.24) is 4.90 Å². The Labute approximate surface area is 118 Å². The zero-order chi connectivity index (χ0) is 14.5. The Balaban J connectivity index is 2.29. The molecule has 3 nitrogen and oxygen atoms in total. The van der Waals surface area contributed by atoms with Crippen LogP contribution in [0.5, 0.6) is 0 Å². The molecule has 0 aromatic heterocycles. The first-order chi connectivity index (χ1) is 9.61. The summed E-state index contributed by atoms with van der Waals surface area (Å²) in [6.45, 7) is 3.26. The minimum atomic E-state index is -0.434. The Morgan fingerprint density at radius 2 is 2.35 bits per heavy atom. The van der Waals surface area contributed by atoms with E-state index in [1.54, 1.807) is 4.90 Å². The van der Waals surface area contributed by atoms with Crippen molar-refractivity contribution >= 4 is 5.91 Å². The lowest BCUT2D eigenvalue weighted by molar-refractivity contribution is 0.0682. The molecule has 0 aliphatic carbocycles. The van der Waals surface area contributed by atoms with E-state index in [0.29, 0.717) is 17.0 Å². The quantitative estimate of drug-likeness (QED) is 0.797. The van der Waals surface area contributed by atoms with E-state index < -0.39 is 5.82 Å². The summed E-state index contributed by atoms with van der Waals surface area (Å²) >= 11 is 0. The normalized spacial score (nSPS) is 18.4. The van der Waals surface area contributed by atoms with E-state index in [-0.39, 0.29) is 12.5 Å². The monoisotopic (exact) mass is 275 g/mol. The van der Waals surface area contributed by atoms with Crippen molar-refractivity contribution in [3.63, 3.8) is 0 Å². The van der Waals surface area contributed by atoms with Gasteiger partial charge in [0.1, 0.15) is 12.4 Å². The van der Waals surface area contributed by atoms with Gasteiger partial charge in [0, 0.05) is 18.7 Å². The number of hydrogen-bond acceptors (Lipinski definition) is 2. The highest BCUT2D eigenvalue weighted by molar-refractivity contribution is 5.96. The van der Waals surface area contributed by atoms with Gasteiger partial charge < -0.3 is 10.0 Å². The third-order valence-corrected chi connectivity index (χ3v) is 3.46. The number of amides is 1. The van der Waals surface area contributed by atoms with Gasteiger partial charge in [0.2, 0.25) is 0 Å². The molecule has 2 rings (SSSR count). The Morgan fingerprint density at radius 3 is 3.05 bits per heavy atom. The first-order valence-corrected chi connectivity index (χ1v) is 6.80. The van der Waals surface area contributed by atoms with Crippen LogP contribution in [-0.4, -0.2) is 35.6 Å². The van der Waals surface area contributed by atoms with Crippen LogP contribution < -0.4 is 0 Å². The summed E-state index contributed by atoms with van der Waals surface area (Å²) in [7, 11) is 0. The number of benzene rings is 1. The molecule has 0 radical (unpaired) electrons. The molecule has 1 fully saturated rings. The molecule has 20 heavy (non-hydrogen) atoms. The van der Waals surface area contributed by atoms with Crippen LogP contribution in [0.25, 0.3) is 0 Å². The molecule has 106 valence electrons. The number of likely N-dealkylation sites (tertiary alicyclic amines) is 1. The van der Waals surface area contributed by atoms with Crippen molar-refractivity contribution in [3.05, 3.63) is 35.1 Å². The van der Waals surface area contributed by atoms with E-state index in [1.807, 2.05) is 0 Å². The fourth-order valence-electron chi connectivity index (χ4n) is 2.49. The van der Waals surface area contributed by atoms with Gasteiger partial charge >= 0.3 is 0 Å². The summed E-state index contributed by atoms with van der Waals surface area (Å²) in [5.41, 5.74) is 0.740. The molecule has 1 aliphatic rings. The van der Waals surface area contributed by atoms with Gasteiger partial charge in [0.15, 0.2) is 0 Å². The minimum absolute atomic E-state index is 0.112. The molecular weight excluding hydrogens is 257 g/mol. The molecule has 4 heteroatoms. The molecule has 1 unspecified atom stereocenters. The highest BCUT2D eigenvalue weighted by Gasteiger charge is 2.23. The summed E-state index contributed by atoms with van der Waals surface area (Å²) in [4.78, 5) is 14.3. The number of carbonyl (C=O) groups is 1. The standard InChI is InChI=1S/C16H18FNO2/c1-12-4-2-8-18(11-12)16(20)15-7-6-14(17)10-13(15)5-3-9-19/h6-7,10,12,19H,2,4,8-9,11H2,1H3. The van der Waals surface area contributed by atoms with Gasteiger partial charge in [0.25, 0.3) is 5.91 Å². The topological polar surface area (TPSA) is 40.5 Å². The first-order valence-electron chi connectivity index (χ1n) is 6.80.